The Hall–Kier alpha value is -1.07. The molecule has 5 heteroatoms. The maximum absolute atomic E-state index is 11.2. The fourth-order valence-electron chi connectivity index (χ4n) is 3.57. The normalized spacial score (nSPS) is 20.0. The van der Waals surface area contributed by atoms with Crippen LogP contribution in [-0.4, -0.2) is 46.5 Å². The highest BCUT2D eigenvalue weighted by atomic mass is 16.5. The molecule has 21 heavy (non-hydrogen) atoms. The van der Waals surface area contributed by atoms with E-state index in [-0.39, 0.29) is 11.6 Å². The van der Waals surface area contributed by atoms with E-state index in [2.05, 4.69) is 37.9 Å². The Bertz CT molecular complexity index is 462. The molecule has 1 fully saturated rings. The average molecular weight is 295 g/mol. The first-order valence-electron chi connectivity index (χ1n) is 7.91. The molecule has 0 aliphatic heterocycles. The lowest BCUT2D eigenvalue weighted by molar-refractivity contribution is -0.0394. The number of aromatic nitrogens is 2. The van der Waals surface area contributed by atoms with E-state index in [1.807, 2.05) is 4.68 Å². The zero-order valence-corrected chi connectivity index (χ0v) is 14.0. The summed E-state index contributed by atoms with van der Waals surface area (Å²) in [6, 6.07) is 0.196. The summed E-state index contributed by atoms with van der Waals surface area (Å²) < 4.78 is 7.34. The third-order valence-corrected chi connectivity index (χ3v) is 4.89. The first-order chi connectivity index (χ1) is 9.94. The molecule has 1 aliphatic carbocycles. The Labute approximate surface area is 127 Å². The van der Waals surface area contributed by atoms with Crippen LogP contribution >= 0.6 is 0 Å². The van der Waals surface area contributed by atoms with Gasteiger partial charge in [0.05, 0.1) is 18.8 Å². The summed E-state index contributed by atoms with van der Waals surface area (Å²) in [6.45, 7) is 4.15. The van der Waals surface area contributed by atoms with Crippen molar-refractivity contribution in [1.82, 2.24) is 14.7 Å². The fraction of sp³-hybridized carbons (Fsp3) is 0.812. The van der Waals surface area contributed by atoms with E-state index >= 15 is 0 Å². The minimum Gasteiger partial charge on any atom is -0.493 e. The molecule has 0 amide bonds. The molecular formula is C16H29N3O2. The zero-order valence-electron chi connectivity index (χ0n) is 14.0. The van der Waals surface area contributed by atoms with E-state index in [1.165, 1.54) is 6.42 Å². The van der Waals surface area contributed by atoms with E-state index in [9.17, 15) is 5.11 Å². The maximum Gasteiger partial charge on any atom is 0.162 e. The number of methoxy groups -OCH3 is 1. The van der Waals surface area contributed by atoms with Gasteiger partial charge in [0, 0.05) is 6.04 Å². The summed E-state index contributed by atoms with van der Waals surface area (Å²) in [5, 5.41) is 15.6. The molecule has 1 aromatic rings. The smallest absolute Gasteiger partial charge is 0.162 e. The van der Waals surface area contributed by atoms with Gasteiger partial charge < -0.3 is 14.7 Å². The molecule has 1 heterocycles. The van der Waals surface area contributed by atoms with Crippen LogP contribution in [0.1, 0.15) is 63.8 Å². The average Bonchev–Trinajstić information content (AvgIpc) is 2.90. The summed E-state index contributed by atoms with van der Waals surface area (Å²) in [4.78, 5) is 2.19. The van der Waals surface area contributed by atoms with Crippen molar-refractivity contribution in [3.63, 3.8) is 0 Å². The van der Waals surface area contributed by atoms with Crippen molar-refractivity contribution in [3.05, 3.63) is 11.9 Å². The Kier molecular flexibility index (Phi) is 4.94. The van der Waals surface area contributed by atoms with Crippen molar-refractivity contribution in [3.8, 4) is 5.75 Å². The molecule has 0 bridgehead atoms. The highest BCUT2D eigenvalue weighted by molar-refractivity contribution is 5.30. The Morgan fingerprint density at radius 3 is 2.38 bits per heavy atom. The van der Waals surface area contributed by atoms with Crippen molar-refractivity contribution in [1.29, 1.82) is 0 Å². The highest BCUT2D eigenvalue weighted by Crippen LogP contribution is 2.44. The molecule has 1 unspecified atom stereocenters. The first kappa shape index (κ1) is 16.3. The first-order valence-corrected chi connectivity index (χ1v) is 7.91. The summed E-state index contributed by atoms with van der Waals surface area (Å²) >= 11 is 0. The maximum atomic E-state index is 11.2. The van der Waals surface area contributed by atoms with Gasteiger partial charge in [0.25, 0.3) is 0 Å². The minimum absolute atomic E-state index is 0.196. The summed E-state index contributed by atoms with van der Waals surface area (Å²) in [5.74, 6) is 0.683. The van der Waals surface area contributed by atoms with Crippen LogP contribution in [0.15, 0.2) is 6.20 Å². The van der Waals surface area contributed by atoms with Gasteiger partial charge in [-0.15, -0.1) is 0 Å². The van der Waals surface area contributed by atoms with Crippen molar-refractivity contribution in [2.75, 3.05) is 21.2 Å². The van der Waals surface area contributed by atoms with E-state index < -0.39 is 6.10 Å². The van der Waals surface area contributed by atoms with Gasteiger partial charge in [-0.25, -0.2) is 0 Å². The zero-order chi connectivity index (χ0) is 15.6. The molecule has 0 saturated heterocycles. The predicted octanol–water partition coefficient (Wildman–Crippen LogP) is 2.77. The molecule has 1 aromatic heterocycles. The van der Waals surface area contributed by atoms with Gasteiger partial charge in [0.1, 0.15) is 11.8 Å². The van der Waals surface area contributed by atoms with Gasteiger partial charge in [-0.1, -0.05) is 19.3 Å². The topological polar surface area (TPSA) is 50.5 Å². The number of ether oxygens (including phenoxy) is 1. The van der Waals surface area contributed by atoms with E-state index in [0.29, 0.717) is 5.75 Å². The lowest BCUT2D eigenvalue weighted by Gasteiger charge is -2.46. The molecule has 1 N–H and O–H groups in total. The Balaban J connectivity index is 2.45. The van der Waals surface area contributed by atoms with Crippen LogP contribution in [0.5, 0.6) is 5.75 Å². The largest absolute Gasteiger partial charge is 0.493 e. The van der Waals surface area contributed by atoms with E-state index in [0.717, 1.165) is 31.4 Å². The van der Waals surface area contributed by atoms with Gasteiger partial charge >= 0.3 is 0 Å². The molecule has 5 nitrogen and oxygen atoms in total. The van der Waals surface area contributed by atoms with Crippen molar-refractivity contribution in [2.24, 2.45) is 0 Å². The second-order valence-electron chi connectivity index (χ2n) is 6.60. The van der Waals surface area contributed by atoms with Crippen LogP contribution in [0.3, 0.4) is 0 Å². The summed E-state index contributed by atoms with van der Waals surface area (Å²) in [6.07, 6.45) is 6.71. The van der Waals surface area contributed by atoms with Gasteiger partial charge in [-0.3, -0.25) is 4.68 Å². The quantitative estimate of drug-likeness (QED) is 0.907. The van der Waals surface area contributed by atoms with E-state index in [4.69, 9.17) is 4.74 Å². The minimum atomic E-state index is -0.590. The standard InChI is InChI=1S/C16H29N3O2/c1-12(2)19-14(13(21-5)11-17-19)15(20)16(18(3)4)9-7-6-8-10-16/h11-12,15,20H,6-10H2,1-5H3. The lowest BCUT2D eigenvalue weighted by Crippen LogP contribution is -2.51. The molecular weight excluding hydrogens is 266 g/mol. The van der Waals surface area contributed by atoms with Crippen molar-refractivity contribution < 1.29 is 9.84 Å². The fourth-order valence-corrected chi connectivity index (χ4v) is 3.57. The molecule has 0 radical (unpaired) electrons. The Morgan fingerprint density at radius 2 is 1.90 bits per heavy atom. The molecule has 1 atom stereocenters. The third-order valence-electron chi connectivity index (χ3n) is 4.89. The SMILES string of the molecule is COc1cnn(C(C)C)c1C(O)C1(N(C)C)CCCCC1. The number of hydrogen-bond acceptors (Lipinski definition) is 4. The third kappa shape index (κ3) is 2.81. The van der Waals surface area contributed by atoms with Gasteiger partial charge in [0.15, 0.2) is 5.75 Å². The van der Waals surface area contributed by atoms with Crippen LogP contribution < -0.4 is 4.74 Å². The Morgan fingerprint density at radius 1 is 1.29 bits per heavy atom. The molecule has 120 valence electrons. The van der Waals surface area contributed by atoms with Gasteiger partial charge in [-0.2, -0.15) is 5.10 Å². The number of aliphatic hydroxyl groups excluding tert-OH is 1. The monoisotopic (exact) mass is 295 g/mol. The molecule has 1 aliphatic rings. The summed E-state index contributed by atoms with van der Waals surface area (Å²) in [7, 11) is 5.77. The van der Waals surface area contributed by atoms with Crippen LogP contribution in [0.25, 0.3) is 0 Å². The van der Waals surface area contributed by atoms with Crippen LogP contribution in [0.4, 0.5) is 0 Å². The van der Waals surface area contributed by atoms with Crippen molar-refractivity contribution in [2.45, 2.75) is 63.6 Å². The number of likely N-dealkylation sites (N-methyl/N-ethyl adjacent to an activating group) is 1. The number of nitrogens with zero attached hydrogens (tertiary/aromatic N) is 3. The van der Waals surface area contributed by atoms with Crippen LogP contribution in [-0.2, 0) is 0 Å². The number of hydrogen-bond donors (Lipinski definition) is 1. The summed E-state index contributed by atoms with van der Waals surface area (Å²) in [5.41, 5.74) is 0.584. The van der Waals surface area contributed by atoms with Gasteiger partial charge in [-0.05, 0) is 40.8 Å². The molecule has 0 spiro atoms. The van der Waals surface area contributed by atoms with Gasteiger partial charge in [0.2, 0.25) is 0 Å². The molecule has 1 saturated carbocycles. The van der Waals surface area contributed by atoms with Crippen LogP contribution in [0.2, 0.25) is 0 Å². The van der Waals surface area contributed by atoms with E-state index in [1.54, 1.807) is 13.3 Å². The predicted molar refractivity (Wildman–Crippen MR) is 83.6 cm³/mol. The molecule has 2 rings (SSSR count). The number of aliphatic hydroxyl groups is 1. The highest BCUT2D eigenvalue weighted by Gasteiger charge is 2.44. The second-order valence-corrected chi connectivity index (χ2v) is 6.60. The molecule has 0 aromatic carbocycles. The second kappa shape index (κ2) is 6.36. The number of rotatable bonds is 5. The van der Waals surface area contributed by atoms with Crippen LogP contribution in [0, 0.1) is 0 Å². The van der Waals surface area contributed by atoms with Crippen molar-refractivity contribution >= 4 is 0 Å². The lowest BCUT2D eigenvalue weighted by atomic mass is 9.75.